The number of hydrogen-bond donors (Lipinski definition) is 2. The molecule has 0 radical (unpaired) electrons. The second-order valence-corrected chi connectivity index (χ2v) is 7.77. The maximum Gasteiger partial charge on any atom is 1.00 e. The van der Waals surface area contributed by atoms with Crippen molar-refractivity contribution in [2.45, 2.75) is 39.8 Å². The van der Waals surface area contributed by atoms with Crippen molar-refractivity contribution < 1.29 is 78.9 Å². The first-order valence-corrected chi connectivity index (χ1v) is 10.6. The average Bonchev–Trinajstić information content (AvgIpc) is 2.78. The molecule has 0 saturated carbocycles. The summed E-state index contributed by atoms with van der Waals surface area (Å²) in [6.45, 7) is 5.59. The Kier molecular flexibility index (Phi) is 12.3. The number of aryl methyl sites for hydroxylation is 3. The Balaban J connectivity index is 0.00000306. The molecule has 8 nitrogen and oxygen atoms in total. The van der Waals surface area contributed by atoms with Gasteiger partial charge in [-0.3, -0.25) is 4.79 Å². The van der Waals surface area contributed by atoms with Crippen molar-refractivity contribution >= 4 is 17.7 Å². The number of carbonyl (C=O) groups excluding carboxylic acids is 2. The number of hydrogen-bond acceptors (Lipinski definition) is 5. The minimum atomic E-state index is -1.35. The topological polar surface area (TPSA) is 126 Å². The van der Waals surface area contributed by atoms with Gasteiger partial charge in [0.2, 0.25) is 0 Å². The fourth-order valence-electron chi connectivity index (χ4n) is 3.68. The van der Waals surface area contributed by atoms with Gasteiger partial charge in [-0.25, -0.2) is 4.79 Å². The SMILES string of the molecule is CCn1cc(C)c([O-])c(NC(=O)N[C@@H](CC(=O)[O-])c2cccc(-c3ccccc3C)c2)c1=O.[Na+].[Na+]. The Labute approximate surface area is 248 Å². The molecule has 35 heavy (non-hydrogen) atoms. The van der Waals surface area contributed by atoms with Crippen LogP contribution in [-0.4, -0.2) is 16.6 Å². The number of benzene rings is 2. The molecule has 2 amide bonds. The number of pyridine rings is 1. The van der Waals surface area contributed by atoms with Crippen LogP contribution in [0.1, 0.15) is 36.1 Å². The number of aliphatic carboxylic acids is 1. The van der Waals surface area contributed by atoms with Crippen LogP contribution in [0.2, 0.25) is 0 Å². The molecule has 1 aromatic heterocycles. The molecule has 0 aliphatic carbocycles. The van der Waals surface area contributed by atoms with Crippen molar-refractivity contribution in [1.82, 2.24) is 9.88 Å². The van der Waals surface area contributed by atoms with Gasteiger partial charge in [-0.1, -0.05) is 48.2 Å². The summed E-state index contributed by atoms with van der Waals surface area (Å²) < 4.78 is 1.32. The summed E-state index contributed by atoms with van der Waals surface area (Å²) in [7, 11) is 0. The molecule has 2 N–H and O–H groups in total. The molecule has 1 atom stereocenters. The number of carboxylic acid groups (broad SMARTS) is 1. The number of carbonyl (C=O) groups is 2. The molecule has 3 rings (SSSR count). The van der Waals surface area contributed by atoms with Crippen LogP contribution in [-0.2, 0) is 11.3 Å². The zero-order valence-corrected chi connectivity index (χ0v) is 24.7. The van der Waals surface area contributed by atoms with E-state index in [0.717, 1.165) is 16.7 Å². The summed E-state index contributed by atoms with van der Waals surface area (Å²) in [5, 5.41) is 28.7. The standard InChI is InChI=1S/C25H27N3O5.2Na/c1-4-28-14-16(3)23(31)22(24(28)32)27-25(33)26-20(13-21(29)30)18-10-7-9-17(12-18)19-11-6-5-8-15(19)2;;/h5-12,14,20,31H,4,13H2,1-3H3,(H,29,30)(H2,26,27,33);;/q;2*+1/p-2/t20-;;/m0../s1. The summed E-state index contributed by atoms with van der Waals surface area (Å²) in [6.07, 6.45) is 0.950. The van der Waals surface area contributed by atoms with Gasteiger partial charge in [0, 0.05) is 25.1 Å². The molecule has 0 bridgehead atoms. The molecular weight excluding hydrogens is 468 g/mol. The van der Waals surface area contributed by atoms with Crippen LogP contribution in [0.4, 0.5) is 10.5 Å². The Morgan fingerprint density at radius 1 is 1.03 bits per heavy atom. The minimum absolute atomic E-state index is 0. The van der Waals surface area contributed by atoms with E-state index in [4.69, 9.17) is 0 Å². The third kappa shape index (κ3) is 7.70. The number of rotatable bonds is 7. The average molecular weight is 493 g/mol. The van der Waals surface area contributed by atoms with E-state index < -0.39 is 35.8 Å². The number of aromatic nitrogens is 1. The number of anilines is 1. The molecule has 2 aromatic carbocycles. The van der Waals surface area contributed by atoms with Gasteiger partial charge in [0.25, 0.3) is 5.56 Å². The van der Waals surface area contributed by atoms with Gasteiger partial charge in [-0.05, 0) is 54.7 Å². The van der Waals surface area contributed by atoms with Gasteiger partial charge in [-0.15, -0.1) is 0 Å². The van der Waals surface area contributed by atoms with Crippen LogP contribution < -0.4 is 85.5 Å². The maximum absolute atomic E-state index is 12.7. The first-order chi connectivity index (χ1) is 15.7. The number of carboxylic acids is 1. The molecule has 1 heterocycles. The van der Waals surface area contributed by atoms with Crippen LogP contribution in [0, 0.1) is 13.8 Å². The molecule has 0 aliphatic rings. The quantitative estimate of drug-likeness (QED) is 0.327. The Bertz CT molecular complexity index is 1260. The van der Waals surface area contributed by atoms with Crippen LogP contribution in [0.25, 0.3) is 11.1 Å². The van der Waals surface area contributed by atoms with Crippen LogP contribution in [0.5, 0.6) is 5.75 Å². The van der Waals surface area contributed by atoms with Crippen LogP contribution >= 0.6 is 0 Å². The number of urea groups is 1. The van der Waals surface area contributed by atoms with Crippen molar-refractivity contribution in [1.29, 1.82) is 0 Å². The summed E-state index contributed by atoms with van der Waals surface area (Å²) in [6, 6.07) is 13.1. The Morgan fingerprint density at radius 3 is 2.34 bits per heavy atom. The third-order valence-electron chi connectivity index (χ3n) is 5.41. The normalized spacial score (nSPS) is 10.9. The van der Waals surface area contributed by atoms with Gasteiger partial charge in [0.15, 0.2) is 0 Å². The zero-order chi connectivity index (χ0) is 24.1. The van der Waals surface area contributed by atoms with E-state index in [-0.39, 0.29) is 64.8 Å². The third-order valence-corrected chi connectivity index (χ3v) is 5.41. The molecule has 10 heteroatoms. The monoisotopic (exact) mass is 493 g/mol. The Hall–Kier alpha value is -2.07. The summed E-state index contributed by atoms with van der Waals surface area (Å²) in [5.41, 5.74) is 2.74. The van der Waals surface area contributed by atoms with Gasteiger partial charge >= 0.3 is 65.1 Å². The van der Waals surface area contributed by atoms with Gasteiger partial charge in [-0.2, -0.15) is 0 Å². The van der Waals surface area contributed by atoms with Crippen molar-refractivity contribution in [3.63, 3.8) is 0 Å². The van der Waals surface area contributed by atoms with Crippen molar-refractivity contribution in [3.8, 4) is 16.9 Å². The zero-order valence-electron chi connectivity index (χ0n) is 20.7. The predicted molar refractivity (Wildman–Crippen MR) is 122 cm³/mol. The Morgan fingerprint density at radius 2 is 1.71 bits per heavy atom. The van der Waals surface area contributed by atoms with E-state index in [2.05, 4.69) is 10.6 Å². The maximum atomic E-state index is 12.7. The first-order valence-electron chi connectivity index (χ1n) is 10.6. The summed E-state index contributed by atoms with van der Waals surface area (Å²) in [4.78, 5) is 36.6. The molecular formula is C25H25N3Na2O5. The summed E-state index contributed by atoms with van der Waals surface area (Å²) in [5.74, 6) is -1.94. The molecule has 0 aliphatic heterocycles. The number of nitrogens with zero attached hydrogens (tertiary/aromatic N) is 1. The molecule has 3 aromatic rings. The molecule has 0 unspecified atom stereocenters. The van der Waals surface area contributed by atoms with Gasteiger partial charge in [0.1, 0.15) is 5.69 Å². The van der Waals surface area contributed by atoms with Crippen LogP contribution in [0.15, 0.2) is 59.5 Å². The van der Waals surface area contributed by atoms with E-state index in [1.807, 2.05) is 37.3 Å². The fourth-order valence-corrected chi connectivity index (χ4v) is 3.68. The largest absolute Gasteiger partial charge is 1.00 e. The van der Waals surface area contributed by atoms with Gasteiger partial charge in [0.05, 0.1) is 6.04 Å². The van der Waals surface area contributed by atoms with Gasteiger partial charge < -0.3 is 30.2 Å². The van der Waals surface area contributed by atoms with Crippen molar-refractivity contribution in [2.75, 3.05) is 5.32 Å². The number of amides is 2. The molecule has 0 fully saturated rings. The smallest absolute Gasteiger partial charge is 0.871 e. The number of nitrogens with one attached hydrogen (secondary N) is 2. The fraction of sp³-hybridized carbons (Fsp3) is 0.240. The summed E-state index contributed by atoms with van der Waals surface area (Å²) >= 11 is 0. The van der Waals surface area contributed by atoms with E-state index in [0.29, 0.717) is 17.7 Å². The second kappa shape index (κ2) is 13.9. The van der Waals surface area contributed by atoms with E-state index in [9.17, 15) is 24.6 Å². The van der Waals surface area contributed by atoms with Crippen LogP contribution in [0.3, 0.4) is 0 Å². The molecule has 0 saturated heterocycles. The van der Waals surface area contributed by atoms with E-state index in [1.165, 1.54) is 10.8 Å². The molecule has 172 valence electrons. The van der Waals surface area contributed by atoms with Crippen molar-refractivity contribution in [2.24, 2.45) is 0 Å². The second-order valence-electron chi connectivity index (χ2n) is 7.77. The van der Waals surface area contributed by atoms with Crippen molar-refractivity contribution in [3.05, 3.63) is 81.8 Å². The predicted octanol–water partition coefficient (Wildman–Crippen LogP) is -3.76. The molecule has 0 spiro atoms. The van der Waals surface area contributed by atoms with E-state index in [1.54, 1.807) is 32.0 Å². The van der Waals surface area contributed by atoms with E-state index >= 15 is 0 Å². The minimum Gasteiger partial charge on any atom is -0.871 e. The first kappa shape index (κ1) is 31.0.